The van der Waals surface area contributed by atoms with E-state index in [2.05, 4.69) is 25.5 Å². The van der Waals surface area contributed by atoms with Gasteiger partial charge >= 0.3 is 0 Å². The van der Waals surface area contributed by atoms with Gasteiger partial charge in [-0.05, 0) is 48.7 Å². The summed E-state index contributed by atoms with van der Waals surface area (Å²) in [5.74, 6) is -0.702. The normalized spacial score (nSPS) is 13.3. The van der Waals surface area contributed by atoms with Gasteiger partial charge in [-0.3, -0.25) is 4.79 Å². The van der Waals surface area contributed by atoms with Crippen LogP contribution in [0.15, 0.2) is 35.4 Å². The van der Waals surface area contributed by atoms with E-state index in [1.165, 1.54) is 18.2 Å². The highest BCUT2D eigenvalue weighted by atomic mass is 19.1. The Morgan fingerprint density at radius 1 is 1.35 bits per heavy atom. The largest absolute Gasteiger partial charge is 0.349 e. The number of nitrogens with one attached hydrogen (secondary N) is 1. The van der Waals surface area contributed by atoms with Crippen LogP contribution in [0.4, 0.5) is 4.39 Å². The van der Waals surface area contributed by atoms with Crippen molar-refractivity contribution >= 4 is 5.91 Å². The van der Waals surface area contributed by atoms with Crippen molar-refractivity contribution < 1.29 is 9.18 Å². The van der Waals surface area contributed by atoms with E-state index < -0.39 is 5.82 Å². The molecule has 0 spiro atoms. The van der Waals surface area contributed by atoms with Crippen LogP contribution in [-0.2, 0) is 6.54 Å². The maximum atomic E-state index is 14.0. The summed E-state index contributed by atoms with van der Waals surface area (Å²) in [5.41, 5.74) is 9.65. The molecule has 8 heteroatoms. The van der Waals surface area contributed by atoms with Gasteiger partial charge in [-0.25, -0.2) is 4.39 Å². The van der Waals surface area contributed by atoms with Crippen LogP contribution in [0.5, 0.6) is 0 Å². The lowest BCUT2D eigenvalue weighted by Gasteiger charge is -2.07. The van der Waals surface area contributed by atoms with Crippen LogP contribution in [0.25, 0.3) is 21.7 Å². The van der Waals surface area contributed by atoms with Crippen LogP contribution in [0.3, 0.4) is 0 Å². The van der Waals surface area contributed by atoms with Gasteiger partial charge in [0.05, 0.1) is 17.9 Å². The smallest absolute Gasteiger partial charge is 0.251 e. The molecule has 0 atom stereocenters. The molecule has 7 nitrogen and oxygen atoms in total. The van der Waals surface area contributed by atoms with Crippen molar-refractivity contribution in [1.29, 1.82) is 0 Å². The van der Waals surface area contributed by atoms with Crippen molar-refractivity contribution in [3.8, 4) is 11.3 Å². The molecular formula is C15H13FN6O. The Labute approximate surface area is 131 Å². The van der Waals surface area contributed by atoms with Crippen molar-refractivity contribution in [2.75, 3.05) is 0 Å². The number of hydrogen-bond donors (Lipinski definition) is 1. The second kappa shape index (κ2) is 6.41. The summed E-state index contributed by atoms with van der Waals surface area (Å²) in [6.45, 7) is 0.0795. The summed E-state index contributed by atoms with van der Waals surface area (Å²) in [4.78, 5) is 14.7. The second-order valence-corrected chi connectivity index (χ2v) is 5.24. The predicted molar refractivity (Wildman–Crippen MR) is 80.8 cm³/mol. The molecule has 1 aromatic carbocycles. The molecule has 1 aliphatic rings. The molecule has 116 valence electrons. The van der Waals surface area contributed by atoms with Crippen LogP contribution in [0, 0.1) is 5.82 Å². The first kappa shape index (κ1) is 14.9. The quantitative estimate of drug-likeness (QED) is 0.521. The Hall–Kier alpha value is -2.99. The van der Waals surface area contributed by atoms with Crippen molar-refractivity contribution in [3.63, 3.8) is 0 Å². The summed E-state index contributed by atoms with van der Waals surface area (Å²) in [5, 5.41) is 14.1. The number of hydrogen-bond acceptors (Lipinski definition) is 4. The van der Waals surface area contributed by atoms with E-state index in [0.717, 1.165) is 12.8 Å². The molecule has 0 aliphatic heterocycles. The molecule has 2 aromatic rings. The van der Waals surface area contributed by atoms with Gasteiger partial charge in [0.2, 0.25) is 0 Å². The Kier molecular flexibility index (Phi) is 4.16. The number of azide groups is 1. The summed E-state index contributed by atoms with van der Waals surface area (Å²) in [6.07, 6.45) is 1.97. The van der Waals surface area contributed by atoms with Crippen molar-refractivity contribution in [2.45, 2.75) is 25.4 Å². The van der Waals surface area contributed by atoms with Gasteiger partial charge in [-0.2, -0.15) is 10.2 Å². The minimum Gasteiger partial charge on any atom is -0.349 e. The van der Waals surface area contributed by atoms with Crippen LogP contribution in [0.2, 0.25) is 0 Å². The zero-order valence-corrected chi connectivity index (χ0v) is 12.1. The molecule has 3 rings (SSSR count). The fraction of sp³-hybridized carbons (Fsp3) is 0.267. The van der Waals surface area contributed by atoms with Crippen LogP contribution >= 0.6 is 0 Å². The number of aromatic nitrogens is 2. The van der Waals surface area contributed by atoms with Crippen LogP contribution in [0.1, 0.15) is 28.9 Å². The van der Waals surface area contributed by atoms with Crippen LogP contribution < -0.4 is 5.32 Å². The minimum absolute atomic E-state index is 0.0795. The van der Waals surface area contributed by atoms with Crippen molar-refractivity contribution in [2.24, 2.45) is 5.11 Å². The summed E-state index contributed by atoms with van der Waals surface area (Å²) < 4.78 is 14.0. The third-order valence-electron chi connectivity index (χ3n) is 3.43. The first-order valence-electron chi connectivity index (χ1n) is 7.11. The van der Waals surface area contributed by atoms with Gasteiger partial charge in [0.25, 0.3) is 5.91 Å². The van der Waals surface area contributed by atoms with Gasteiger partial charge in [-0.1, -0.05) is 5.11 Å². The average Bonchev–Trinajstić information content (AvgIpc) is 3.38. The lowest BCUT2D eigenvalue weighted by Crippen LogP contribution is -2.25. The molecule has 1 aromatic heterocycles. The summed E-state index contributed by atoms with van der Waals surface area (Å²) >= 11 is 0. The number of rotatable bonds is 5. The molecule has 1 amide bonds. The summed E-state index contributed by atoms with van der Waals surface area (Å²) in [7, 11) is 0. The molecule has 0 unspecified atom stereocenters. The maximum absolute atomic E-state index is 14.0. The Morgan fingerprint density at radius 2 is 2.17 bits per heavy atom. The minimum atomic E-state index is -0.481. The van der Waals surface area contributed by atoms with E-state index in [1.807, 2.05) is 0 Å². The van der Waals surface area contributed by atoms with E-state index in [4.69, 9.17) is 5.53 Å². The number of benzene rings is 1. The monoisotopic (exact) mass is 312 g/mol. The number of carbonyl (C=O) groups excluding carboxylic acids is 1. The Balaban J connectivity index is 1.85. The predicted octanol–water partition coefficient (Wildman–Crippen LogP) is 2.99. The van der Waals surface area contributed by atoms with Gasteiger partial charge in [0.15, 0.2) is 0 Å². The Morgan fingerprint density at radius 3 is 2.83 bits per heavy atom. The van der Waals surface area contributed by atoms with E-state index >= 15 is 0 Å². The lowest BCUT2D eigenvalue weighted by molar-refractivity contribution is 0.0951. The topological polar surface area (TPSA) is 104 Å². The molecule has 0 saturated heterocycles. The number of amides is 1. The first-order chi connectivity index (χ1) is 11.2. The Bertz CT molecular complexity index is 781. The maximum Gasteiger partial charge on any atom is 0.251 e. The highest BCUT2D eigenvalue weighted by Gasteiger charge is 2.24. The van der Waals surface area contributed by atoms with Gasteiger partial charge in [-0.15, -0.1) is 0 Å². The van der Waals surface area contributed by atoms with E-state index in [1.54, 1.807) is 12.1 Å². The summed E-state index contributed by atoms with van der Waals surface area (Å²) in [6, 6.07) is 7.57. The van der Waals surface area contributed by atoms with E-state index in [9.17, 15) is 9.18 Å². The fourth-order valence-corrected chi connectivity index (χ4v) is 2.05. The molecule has 1 aliphatic carbocycles. The molecule has 23 heavy (non-hydrogen) atoms. The molecule has 1 saturated carbocycles. The zero-order chi connectivity index (χ0) is 16.2. The van der Waals surface area contributed by atoms with Crippen LogP contribution in [-0.4, -0.2) is 22.1 Å². The zero-order valence-electron chi connectivity index (χ0n) is 12.1. The van der Waals surface area contributed by atoms with Gasteiger partial charge in [0.1, 0.15) is 5.82 Å². The standard InChI is InChI=1S/C15H13FN6O/c16-13-5-1-9(15(23)19-10-2-3-10)7-12(13)14-6-4-11(20-21-14)8-18-22-17/h1,4-7,10H,2-3,8H2,(H,19,23). The molecule has 1 N–H and O–H groups in total. The van der Waals surface area contributed by atoms with Crippen molar-refractivity contribution in [3.05, 3.63) is 57.8 Å². The van der Waals surface area contributed by atoms with E-state index in [-0.39, 0.29) is 24.1 Å². The number of halogens is 1. The molecule has 0 radical (unpaired) electrons. The van der Waals surface area contributed by atoms with Crippen molar-refractivity contribution in [1.82, 2.24) is 15.5 Å². The number of nitrogens with zero attached hydrogens (tertiary/aromatic N) is 5. The molecule has 1 heterocycles. The SMILES string of the molecule is [N-]=[N+]=NCc1ccc(-c2cc(C(=O)NC3CC3)ccc2F)nn1. The molecule has 0 bridgehead atoms. The second-order valence-electron chi connectivity index (χ2n) is 5.24. The third-order valence-corrected chi connectivity index (χ3v) is 3.43. The first-order valence-corrected chi connectivity index (χ1v) is 7.11. The highest BCUT2D eigenvalue weighted by molar-refractivity contribution is 5.95. The fourth-order valence-electron chi connectivity index (χ4n) is 2.05. The highest BCUT2D eigenvalue weighted by Crippen LogP contribution is 2.23. The average molecular weight is 312 g/mol. The van der Waals surface area contributed by atoms with Gasteiger partial charge < -0.3 is 5.32 Å². The van der Waals surface area contributed by atoms with Gasteiger partial charge in [0, 0.05) is 22.1 Å². The molecule has 1 fully saturated rings. The molecular weight excluding hydrogens is 299 g/mol. The lowest BCUT2D eigenvalue weighted by atomic mass is 10.1. The van der Waals surface area contributed by atoms with E-state index in [0.29, 0.717) is 17.0 Å². The number of carbonyl (C=O) groups is 1. The third kappa shape index (κ3) is 3.61.